The van der Waals surface area contributed by atoms with Gasteiger partial charge in [-0.3, -0.25) is 0 Å². The van der Waals surface area contributed by atoms with Crippen molar-refractivity contribution in [1.29, 1.82) is 0 Å². The molecule has 142 valence electrons. The number of carboxylic acid groups (broad SMARTS) is 2. The van der Waals surface area contributed by atoms with Gasteiger partial charge in [-0.1, -0.05) is 36.4 Å². The van der Waals surface area contributed by atoms with Crippen LogP contribution >= 0.6 is 0 Å². The molecule has 0 amide bonds. The Morgan fingerprint density at radius 1 is 0.750 bits per heavy atom. The van der Waals surface area contributed by atoms with Gasteiger partial charge in [0.15, 0.2) is 0 Å². The van der Waals surface area contributed by atoms with Crippen molar-refractivity contribution in [1.82, 2.24) is 0 Å². The molecule has 1 fully saturated rings. The standard InChI is InChI=1S/2C7H6O2.C6H10O2.2Hg/c2*8-7(9)6-4-2-1-3-5-6;1-5-3-8-6(2)4-7-5;;/h2*1-5H,(H,8,9);5-6H,1-4H2;;. The Bertz CT molecular complexity index is 627. The first-order valence-corrected chi connectivity index (χ1v) is 16.6. The van der Waals surface area contributed by atoms with Crippen LogP contribution in [-0.4, -0.2) is 47.6 Å². The first kappa shape index (κ1) is 25.2. The summed E-state index contributed by atoms with van der Waals surface area (Å²) < 4.78 is 13.7. The number of hydrogen-bond acceptors (Lipinski definition) is 4. The molecule has 2 N–H and O–H groups in total. The third kappa shape index (κ3) is 10.6. The molecule has 0 aromatic heterocycles. The minimum absolute atomic E-state index is 0.331. The molecule has 2 unspecified atom stereocenters. The van der Waals surface area contributed by atoms with E-state index >= 15 is 0 Å². The van der Waals surface area contributed by atoms with Gasteiger partial charge in [0.05, 0.1) is 11.1 Å². The molecule has 0 spiro atoms. The fourth-order valence-corrected chi connectivity index (χ4v) is 4.67. The van der Waals surface area contributed by atoms with E-state index < -0.39 is 11.9 Å². The van der Waals surface area contributed by atoms with Crippen LogP contribution in [0.2, 0.25) is 7.86 Å². The summed E-state index contributed by atoms with van der Waals surface area (Å²) in [5.41, 5.74) is 0.662. The van der Waals surface area contributed by atoms with Crippen molar-refractivity contribution in [3.05, 3.63) is 71.8 Å². The van der Waals surface area contributed by atoms with Crippen LogP contribution in [0.25, 0.3) is 0 Å². The molecule has 0 aliphatic carbocycles. The third-order valence-corrected chi connectivity index (χ3v) is 8.73. The van der Waals surface area contributed by atoms with E-state index in [1.54, 1.807) is 60.7 Å². The number of benzene rings is 2. The van der Waals surface area contributed by atoms with Crippen LogP contribution in [0.15, 0.2) is 60.7 Å². The van der Waals surface area contributed by atoms with Crippen LogP contribution in [0.1, 0.15) is 20.7 Å². The maximum absolute atomic E-state index is 10.2. The molecular weight excluding hydrogens is 737 g/mol. The predicted molar refractivity (Wildman–Crippen MR) is 95.9 cm³/mol. The zero-order valence-corrected chi connectivity index (χ0v) is 26.7. The first-order chi connectivity index (χ1) is 13.5. The van der Waals surface area contributed by atoms with Gasteiger partial charge >= 0.3 is 107 Å². The average Bonchev–Trinajstić information content (AvgIpc) is 2.76. The van der Waals surface area contributed by atoms with Crippen molar-refractivity contribution in [2.75, 3.05) is 13.2 Å². The summed E-state index contributed by atoms with van der Waals surface area (Å²) in [5.74, 6) is -1.76. The van der Waals surface area contributed by atoms with Crippen LogP contribution in [0.5, 0.6) is 0 Å². The van der Waals surface area contributed by atoms with Gasteiger partial charge in [0.2, 0.25) is 0 Å². The molecular formula is C20H22Hg2O6. The van der Waals surface area contributed by atoms with Gasteiger partial charge in [-0.05, 0) is 24.3 Å². The molecule has 1 aliphatic heterocycles. The van der Waals surface area contributed by atoms with Crippen LogP contribution in [0, 0.1) is 0 Å². The Morgan fingerprint density at radius 2 is 1.07 bits per heavy atom. The topological polar surface area (TPSA) is 93.1 Å². The zero-order chi connectivity index (χ0) is 20.8. The van der Waals surface area contributed by atoms with Gasteiger partial charge in [0.25, 0.3) is 0 Å². The zero-order valence-electron chi connectivity index (χ0n) is 15.7. The second kappa shape index (κ2) is 15.1. The molecule has 1 aliphatic rings. The van der Waals surface area contributed by atoms with E-state index in [0.717, 1.165) is 65.5 Å². The van der Waals surface area contributed by atoms with Crippen molar-refractivity contribution in [2.24, 2.45) is 0 Å². The van der Waals surface area contributed by atoms with Gasteiger partial charge in [0, 0.05) is 0 Å². The van der Waals surface area contributed by atoms with Crippen molar-refractivity contribution in [3.63, 3.8) is 0 Å². The van der Waals surface area contributed by atoms with Crippen molar-refractivity contribution in [3.8, 4) is 0 Å². The molecule has 0 radical (unpaired) electrons. The van der Waals surface area contributed by atoms with Gasteiger partial charge in [-0.15, -0.1) is 0 Å². The van der Waals surface area contributed by atoms with Crippen molar-refractivity contribution >= 4 is 11.9 Å². The number of carboxylic acids is 2. The van der Waals surface area contributed by atoms with E-state index in [0.29, 0.717) is 23.3 Å². The van der Waals surface area contributed by atoms with Gasteiger partial charge in [-0.2, -0.15) is 0 Å². The molecule has 3 rings (SSSR count). The van der Waals surface area contributed by atoms with E-state index in [1.165, 1.54) is 7.86 Å². The summed E-state index contributed by atoms with van der Waals surface area (Å²) in [6, 6.07) is 16.6. The van der Waals surface area contributed by atoms with Gasteiger partial charge in [0.1, 0.15) is 0 Å². The molecule has 28 heavy (non-hydrogen) atoms. The van der Waals surface area contributed by atoms with E-state index in [9.17, 15) is 9.59 Å². The number of ether oxygens (including phenoxy) is 2. The molecule has 6 nitrogen and oxygen atoms in total. The van der Waals surface area contributed by atoms with Gasteiger partial charge in [-0.25, -0.2) is 9.59 Å². The third-order valence-electron chi connectivity index (χ3n) is 3.72. The second-order valence-electron chi connectivity index (χ2n) is 5.83. The Hall–Kier alpha value is -0.830. The number of rotatable bonds is 4. The Balaban J connectivity index is 0.000000210. The SMILES string of the molecule is O=C(O)c1ccccc1.O=C(O)c1ccccc1.[Hg][CH2]C1COC([CH2][Hg])CO1. The van der Waals surface area contributed by atoms with Crippen LogP contribution in [0.3, 0.4) is 0 Å². The predicted octanol–water partition coefficient (Wildman–Crippen LogP) is 3.47. The van der Waals surface area contributed by atoms with E-state index in [2.05, 4.69) is 0 Å². The van der Waals surface area contributed by atoms with Crippen LogP contribution in [-0.2, 0) is 61.7 Å². The van der Waals surface area contributed by atoms with E-state index in [1.807, 2.05) is 0 Å². The quantitative estimate of drug-likeness (QED) is 0.465. The summed E-state index contributed by atoms with van der Waals surface area (Å²) in [4.78, 5) is 20.4. The molecule has 0 bridgehead atoms. The minimum atomic E-state index is -0.879. The average molecular weight is 760 g/mol. The maximum atomic E-state index is 10.2. The van der Waals surface area contributed by atoms with E-state index in [4.69, 9.17) is 19.7 Å². The van der Waals surface area contributed by atoms with Gasteiger partial charge < -0.3 is 10.2 Å². The Labute approximate surface area is 197 Å². The number of hydrogen-bond donors (Lipinski definition) is 2. The second-order valence-corrected chi connectivity index (χ2v) is 10.3. The Kier molecular flexibility index (Phi) is 13.6. The number of carbonyl (C=O) groups is 2. The monoisotopic (exact) mass is 762 g/mol. The normalized spacial score (nSPS) is 18.0. The number of aromatic carboxylic acids is 2. The van der Waals surface area contributed by atoms with Crippen molar-refractivity contribution in [2.45, 2.75) is 20.1 Å². The summed E-state index contributed by atoms with van der Waals surface area (Å²) in [5, 5.41) is 16.8. The first-order valence-electron chi connectivity index (χ1n) is 8.86. The van der Waals surface area contributed by atoms with Crippen LogP contribution < -0.4 is 0 Å². The Morgan fingerprint density at radius 3 is 1.25 bits per heavy atom. The molecule has 1 heterocycles. The van der Waals surface area contributed by atoms with Crippen LogP contribution in [0.4, 0.5) is 0 Å². The molecule has 1 saturated heterocycles. The summed E-state index contributed by atoms with van der Waals surface area (Å²) >= 11 is 1.74. The molecule has 0 saturated carbocycles. The summed E-state index contributed by atoms with van der Waals surface area (Å²) in [6.45, 7) is 1.73. The molecule has 2 aromatic carbocycles. The fraction of sp³-hybridized carbons (Fsp3) is 0.300. The molecule has 8 heteroatoms. The van der Waals surface area contributed by atoms with Crippen molar-refractivity contribution < 1.29 is 81.5 Å². The molecule has 2 aromatic rings. The summed E-state index contributed by atoms with van der Waals surface area (Å²) in [7, 11) is 0. The molecule has 2 atom stereocenters. The fourth-order valence-electron chi connectivity index (χ4n) is 2.08. The van der Waals surface area contributed by atoms with E-state index in [-0.39, 0.29) is 0 Å². The summed E-state index contributed by atoms with van der Waals surface area (Å²) in [6.07, 6.45) is 0.916.